The van der Waals surface area contributed by atoms with Gasteiger partial charge in [0.2, 0.25) is 10.0 Å². The third-order valence-corrected chi connectivity index (χ3v) is 3.86. The highest BCUT2D eigenvalue weighted by molar-refractivity contribution is 7.89. The Morgan fingerprint density at radius 3 is 2.47 bits per heavy atom. The van der Waals surface area contributed by atoms with Crippen LogP contribution in [0.1, 0.15) is 29.8 Å². The summed E-state index contributed by atoms with van der Waals surface area (Å²) in [5, 5.41) is 9.07. The quantitative estimate of drug-likeness (QED) is 0.864. The van der Waals surface area contributed by atoms with Gasteiger partial charge in [-0.15, -0.1) is 0 Å². The molecular weight excluding hydrogens is 273 g/mol. The maximum Gasteiger partial charge on any atom is 0.337 e. The van der Waals surface area contributed by atoms with Crippen molar-refractivity contribution in [1.82, 2.24) is 4.72 Å². The van der Waals surface area contributed by atoms with Crippen molar-refractivity contribution in [1.29, 1.82) is 0 Å². The Hall–Kier alpha value is -1.47. The topological polar surface area (TPSA) is 83.5 Å². The van der Waals surface area contributed by atoms with Crippen LogP contribution in [0.3, 0.4) is 0 Å². The molecule has 0 amide bonds. The summed E-state index contributed by atoms with van der Waals surface area (Å²) in [6.07, 6.45) is 0. The molecule has 1 aromatic rings. The first-order valence-electron chi connectivity index (χ1n) is 5.56. The Morgan fingerprint density at radius 1 is 1.42 bits per heavy atom. The number of benzene rings is 1. The molecule has 0 heterocycles. The summed E-state index contributed by atoms with van der Waals surface area (Å²) in [6.45, 7) is 3.53. The molecule has 5 nitrogen and oxygen atoms in total. The number of hydrogen-bond donors (Lipinski definition) is 2. The van der Waals surface area contributed by atoms with Gasteiger partial charge in [0.15, 0.2) is 0 Å². The van der Waals surface area contributed by atoms with E-state index in [1.54, 1.807) is 0 Å². The van der Waals surface area contributed by atoms with Crippen LogP contribution >= 0.6 is 0 Å². The first-order chi connectivity index (χ1) is 8.54. The number of alkyl halides is 1. The third kappa shape index (κ3) is 4.00. The van der Waals surface area contributed by atoms with E-state index in [0.717, 1.165) is 0 Å². The van der Waals surface area contributed by atoms with E-state index >= 15 is 0 Å². The second-order valence-corrected chi connectivity index (χ2v) is 6.53. The van der Waals surface area contributed by atoms with Gasteiger partial charge in [-0.1, -0.05) is 12.1 Å². The number of carbonyl (C=O) groups is 1. The molecule has 106 valence electrons. The Kier molecular flexibility index (Phi) is 4.32. The molecule has 0 radical (unpaired) electrons. The van der Waals surface area contributed by atoms with E-state index in [1.807, 2.05) is 0 Å². The molecule has 0 saturated heterocycles. The predicted molar refractivity (Wildman–Crippen MR) is 68.5 cm³/mol. The minimum Gasteiger partial charge on any atom is -0.478 e. The molecule has 0 bridgehead atoms. The number of carboxylic acids is 1. The van der Waals surface area contributed by atoms with Gasteiger partial charge in [-0.05, 0) is 32.4 Å². The van der Waals surface area contributed by atoms with Gasteiger partial charge in [-0.25, -0.2) is 22.3 Å². The fraction of sp³-hybridized carbons (Fsp3) is 0.417. The van der Waals surface area contributed by atoms with Crippen molar-refractivity contribution >= 4 is 16.0 Å². The molecule has 7 heteroatoms. The Balaban J connectivity index is 3.23. The van der Waals surface area contributed by atoms with Gasteiger partial charge >= 0.3 is 5.97 Å². The molecule has 1 rings (SSSR count). The molecule has 0 aliphatic carbocycles. The number of aryl methyl sites for hydroxylation is 1. The van der Waals surface area contributed by atoms with Crippen LogP contribution in [0.2, 0.25) is 0 Å². The number of sulfonamides is 1. The molecule has 0 saturated carbocycles. The number of carboxylic acid groups (broad SMARTS) is 1. The molecule has 0 fully saturated rings. The summed E-state index contributed by atoms with van der Waals surface area (Å²) in [6, 6.07) is 4.13. The SMILES string of the molecule is Cc1cccc(S(=O)(=O)NCC(C)(C)F)c1C(=O)O. The van der Waals surface area contributed by atoms with Gasteiger partial charge in [0.1, 0.15) is 5.67 Å². The first-order valence-corrected chi connectivity index (χ1v) is 7.04. The lowest BCUT2D eigenvalue weighted by Gasteiger charge is -2.16. The van der Waals surface area contributed by atoms with Crippen molar-refractivity contribution in [3.8, 4) is 0 Å². The van der Waals surface area contributed by atoms with E-state index in [-0.39, 0.29) is 10.5 Å². The van der Waals surface area contributed by atoms with E-state index < -0.39 is 28.2 Å². The average Bonchev–Trinajstić information content (AvgIpc) is 2.25. The summed E-state index contributed by atoms with van der Waals surface area (Å²) in [5.41, 5.74) is -1.69. The molecule has 0 unspecified atom stereocenters. The van der Waals surface area contributed by atoms with Crippen LogP contribution in [0.25, 0.3) is 0 Å². The van der Waals surface area contributed by atoms with Crippen molar-refractivity contribution in [2.75, 3.05) is 6.54 Å². The van der Waals surface area contributed by atoms with Gasteiger partial charge in [0.05, 0.1) is 10.5 Å². The van der Waals surface area contributed by atoms with Crippen molar-refractivity contribution in [2.24, 2.45) is 0 Å². The zero-order valence-electron chi connectivity index (χ0n) is 10.9. The summed E-state index contributed by atoms with van der Waals surface area (Å²) < 4.78 is 39.4. The van der Waals surface area contributed by atoms with Gasteiger partial charge in [0, 0.05) is 6.54 Å². The van der Waals surface area contributed by atoms with Crippen LogP contribution in [0, 0.1) is 6.92 Å². The molecule has 0 aliphatic heterocycles. The van der Waals surface area contributed by atoms with Crippen LogP contribution in [0.4, 0.5) is 4.39 Å². The second-order valence-electron chi connectivity index (χ2n) is 4.80. The van der Waals surface area contributed by atoms with Crippen LogP contribution in [0.15, 0.2) is 23.1 Å². The maximum absolute atomic E-state index is 13.3. The number of aromatic carboxylic acids is 1. The highest BCUT2D eigenvalue weighted by Gasteiger charge is 2.26. The Labute approximate surface area is 111 Å². The van der Waals surface area contributed by atoms with E-state index in [1.165, 1.54) is 39.0 Å². The van der Waals surface area contributed by atoms with Crippen LogP contribution < -0.4 is 4.72 Å². The lowest BCUT2D eigenvalue weighted by molar-refractivity contribution is 0.0692. The highest BCUT2D eigenvalue weighted by Crippen LogP contribution is 2.20. The highest BCUT2D eigenvalue weighted by atomic mass is 32.2. The van der Waals surface area contributed by atoms with Gasteiger partial charge in [0.25, 0.3) is 0 Å². The molecular formula is C12H16FNO4S. The molecule has 0 aromatic heterocycles. The molecule has 0 atom stereocenters. The first kappa shape index (κ1) is 15.6. The van der Waals surface area contributed by atoms with E-state index in [9.17, 15) is 17.6 Å². The number of halogens is 1. The average molecular weight is 289 g/mol. The monoisotopic (exact) mass is 289 g/mol. The molecule has 1 aromatic carbocycles. The zero-order chi connectivity index (χ0) is 14.8. The second kappa shape index (κ2) is 5.26. The van der Waals surface area contributed by atoms with Crippen LogP contribution in [0.5, 0.6) is 0 Å². The van der Waals surface area contributed by atoms with E-state index in [0.29, 0.717) is 5.56 Å². The number of rotatable bonds is 5. The molecule has 0 aliphatic rings. The summed E-state index contributed by atoms with van der Waals surface area (Å²) >= 11 is 0. The standard InChI is InChI=1S/C12H16FNO4S/c1-8-5-4-6-9(10(8)11(15)16)19(17,18)14-7-12(2,3)13/h4-6,14H,7H2,1-3H3,(H,15,16). The van der Waals surface area contributed by atoms with Crippen molar-refractivity contribution < 1.29 is 22.7 Å². The van der Waals surface area contributed by atoms with Gasteiger partial charge in [-0.2, -0.15) is 0 Å². The van der Waals surface area contributed by atoms with E-state index in [2.05, 4.69) is 4.72 Å². The minimum atomic E-state index is -4.06. The van der Waals surface area contributed by atoms with Crippen LogP contribution in [-0.2, 0) is 10.0 Å². The zero-order valence-corrected chi connectivity index (χ0v) is 11.7. The maximum atomic E-state index is 13.3. The van der Waals surface area contributed by atoms with Crippen molar-refractivity contribution in [2.45, 2.75) is 31.3 Å². The third-order valence-electron chi connectivity index (χ3n) is 2.42. The van der Waals surface area contributed by atoms with Crippen molar-refractivity contribution in [3.05, 3.63) is 29.3 Å². The summed E-state index contributed by atoms with van der Waals surface area (Å²) in [7, 11) is -4.06. The Bertz CT molecular complexity index is 590. The molecule has 0 spiro atoms. The van der Waals surface area contributed by atoms with Gasteiger partial charge in [-0.3, -0.25) is 0 Å². The van der Waals surface area contributed by atoms with E-state index in [4.69, 9.17) is 5.11 Å². The molecule has 2 N–H and O–H groups in total. The Morgan fingerprint density at radius 2 is 2.00 bits per heavy atom. The lowest BCUT2D eigenvalue weighted by atomic mass is 10.1. The largest absolute Gasteiger partial charge is 0.478 e. The van der Waals surface area contributed by atoms with Crippen molar-refractivity contribution in [3.63, 3.8) is 0 Å². The molecule has 19 heavy (non-hydrogen) atoms. The normalized spacial score (nSPS) is 12.4. The smallest absolute Gasteiger partial charge is 0.337 e. The number of nitrogens with one attached hydrogen (secondary N) is 1. The summed E-state index contributed by atoms with van der Waals surface area (Å²) in [4.78, 5) is 10.8. The lowest BCUT2D eigenvalue weighted by Crippen LogP contribution is -2.36. The fourth-order valence-electron chi connectivity index (χ4n) is 1.48. The van der Waals surface area contributed by atoms with Gasteiger partial charge < -0.3 is 5.11 Å². The van der Waals surface area contributed by atoms with Crippen LogP contribution in [-0.4, -0.2) is 31.7 Å². The number of hydrogen-bond acceptors (Lipinski definition) is 3. The minimum absolute atomic E-state index is 0.299. The summed E-state index contributed by atoms with van der Waals surface area (Å²) in [5.74, 6) is -1.34. The fourth-order valence-corrected chi connectivity index (χ4v) is 2.95. The predicted octanol–water partition coefficient (Wildman–Crippen LogP) is 1.72.